The lowest BCUT2D eigenvalue weighted by Gasteiger charge is -2.40. The normalized spacial score (nSPS) is 17.7. The van der Waals surface area contributed by atoms with E-state index in [1.54, 1.807) is 29.9 Å². The monoisotopic (exact) mass is 369 g/mol. The fraction of sp³-hybridized carbons (Fsp3) is 0.450. The predicted octanol–water partition coefficient (Wildman–Crippen LogP) is 0.844. The first-order valence-electron chi connectivity index (χ1n) is 9.28. The maximum Gasteiger partial charge on any atom is 0.257 e. The Labute approximate surface area is 159 Å². The molecule has 1 N–H and O–H groups in total. The van der Waals surface area contributed by atoms with Crippen molar-refractivity contribution in [1.82, 2.24) is 24.9 Å². The van der Waals surface area contributed by atoms with E-state index in [4.69, 9.17) is 0 Å². The molecule has 0 spiro atoms. The van der Waals surface area contributed by atoms with Crippen molar-refractivity contribution in [2.75, 3.05) is 33.2 Å². The molecule has 0 radical (unpaired) electrons. The molecule has 0 unspecified atom stereocenters. The molecule has 7 heteroatoms. The average molecular weight is 369 g/mol. The summed E-state index contributed by atoms with van der Waals surface area (Å²) in [5.74, 6) is -0.110. The first-order chi connectivity index (χ1) is 13.0. The van der Waals surface area contributed by atoms with Crippen LogP contribution in [-0.2, 0) is 18.3 Å². The van der Waals surface area contributed by atoms with Crippen LogP contribution in [0.2, 0.25) is 0 Å². The van der Waals surface area contributed by atoms with Crippen molar-refractivity contribution in [3.05, 3.63) is 53.3 Å². The van der Waals surface area contributed by atoms with Crippen molar-refractivity contribution < 1.29 is 9.59 Å². The molecule has 0 aliphatic carbocycles. The van der Waals surface area contributed by atoms with Gasteiger partial charge in [0.1, 0.15) is 6.04 Å². The molecule has 1 atom stereocenters. The van der Waals surface area contributed by atoms with E-state index in [1.165, 1.54) is 5.56 Å². The van der Waals surface area contributed by atoms with Crippen LogP contribution < -0.4 is 5.32 Å². The predicted molar refractivity (Wildman–Crippen MR) is 103 cm³/mol. The van der Waals surface area contributed by atoms with Crippen molar-refractivity contribution >= 4 is 11.8 Å². The van der Waals surface area contributed by atoms with E-state index in [-0.39, 0.29) is 17.9 Å². The Kier molecular flexibility index (Phi) is 5.91. The van der Waals surface area contributed by atoms with E-state index in [1.807, 2.05) is 25.1 Å². The minimum absolute atomic E-state index is 0.0523. The average Bonchev–Trinajstić information content (AvgIpc) is 3.03. The molecule has 1 aliphatic rings. The van der Waals surface area contributed by atoms with Crippen LogP contribution in [0.1, 0.15) is 21.6 Å². The second-order valence-corrected chi connectivity index (χ2v) is 6.95. The smallest absolute Gasteiger partial charge is 0.257 e. The Morgan fingerprint density at radius 3 is 2.59 bits per heavy atom. The number of rotatable bonds is 5. The number of nitrogens with zero attached hydrogens (tertiary/aromatic N) is 4. The summed E-state index contributed by atoms with van der Waals surface area (Å²) in [6.45, 7) is 4.29. The molecule has 3 rings (SSSR count). The SMILES string of the molecule is CNC(=O)[C@H]1CN(C(=O)c2cn(C)nc2C)CCN1CCc1ccccc1. The van der Waals surface area contributed by atoms with Gasteiger partial charge in [-0.15, -0.1) is 0 Å². The molecule has 1 aromatic heterocycles. The molecule has 0 saturated carbocycles. The summed E-state index contributed by atoms with van der Waals surface area (Å²) in [5.41, 5.74) is 2.56. The molecule has 144 valence electrons. The lowest BCUT2D eigenvalue weighted by Crippen LogP contribution is -2.60. The number of nitrogens with one attached hydrogen (secondary N) is 1. The quantitative estimate of drug-likeness (QED) is 0.848. The van der Waals surface area contributed by atoms with Gasteiger partial charge in [-0.2, -0.15) is 5.10 Å². The van der Waals surface area contributed by atoms with Gasteiger partial charge in [0.2, 0.25) is 5.91 Å². The Morgan fingerprint density at radius 2 is 1.96 bits per heavy atom. The van der Waals surface area contributed by atoms with Gasteiger partial charge in [0, 0.05) is 46.5 Å². The minimum atomic E-state index is -0.339. The lowest BCUT2D eigenvalue weighted by molar-refractivity contribution is -0.127. The molecule has 1 aromatic carbocycles. The van der Waals surface area contributed by atoms with Crippen molar-refractivity contribution in [3.63, 3.8) is 0 Å². The summed E-state index contributed by atoms with van der Waals surface area (Å²) in [7, 11) is 3.45. The molecule has 0 bridgehead atoms. The number of aromatic nitrogens is 2. The van der Waals surface area contributed by atoms with Crippen LogP contribution in [0.25, 0.3) is 0 Å². The molecule has 2 amide bonds. The third-order valence-corrected chi connectivity index (χ3v) is 5.10. The highest BCUT2D eigenvalue weighted by molar-refractivity contribution is 5.95. The maximum atomic E-state index is 12.9. The molecule has 27 heavy (non-hydrogen) atoms. The van der Waals surface area contributed by atoms with E-state index in [0.29, 0.717) is 30.9 Å². The highest BCUT2D eigenvalue weighted by Crippen LogP contribution is 2.16. The molecule has 2 aromatic rings. The van der Waals surface area contributed by atoms with E-state index in [0.717, 1.165) is 13.0 Å². The molecule has 1 saturated heterocycles. The second-order valence-electron chi connectivity index (χ2n) is 6.95. The maximum absolute atomic E-state index is 12.9. The minimum Gasteiger partial charge on any atom is -0.358 e. The molecular weight excluding hydrogens is 342 g/mol. The van der Waals surface area contributed by atoms with Crippen LogP contribution in [0.15, 0.2) is 36.5 Å². The van der Waals surface area contributed by atoms with Gasteiger partial charge in [0.15, 0.2) is 0 Å². The number of piperazine rings is 1. The van der Waals surface area contributed by atoms with Gasteiger partial charge < -0.3 is 10.2 Å². The van der Waals surface area contributed by atoms with Crippen LogP contribution in [0, 0.1) is 6.92 Å². The first kappa shape index (κ1) is 19.1. The van der Waals surface area contributed by atoms with Crippen molar-refractivity contribution in [3.8, 4) is 0 Å². The third-order valence-electron chi connectivity index (χ3n) is 5.10. The molecule has 1 fully saturated rings. The summed E-state index contributed by atoms with van der Waals surface area (Å²) < 4.78 is 1.65. The van der Waals surface area contributed by atoms with Gasteiger partial charge in [0.05, 0.1) is 11.3 Å². The van der Waals surface area contributed by atoms with E-state index in [9.17, 15) is 9.59 Å². The Bertz CT molecular complexity index is 802. The number of benzene rings is 1. The number of hydrogen-bond donors (Lipinski definition) is 1. The zero-order chi connectivity index (χ0) is 19.4. The molecule has 2 heterocycles. The largest absolute Gasteiger partial charge is 0.358 e. The highest BCUT2D eigenvalue weighted by atomic mass is 16.2. The van der Waals surface area contributed by atoms with Gasteiger partial charge in [-0.05, 0) is 18.9 Å². The number of aryl methyl sites for hydroxylation is 2. The summed E-state index contributed by atoms with van der Waals surface area (Å²) >= 11 is 0. The van der Waals surface area contributed by atoms with E-state index in [2.05, 4.69) is 27.4 Å². The zero-order valence-electron chi connectivity index (χ0n) is 16.2. The zero-order valence-corrected chi connectivity index (χ0v) is 16.2. The van der Waals surface area contributed by atoms with Gasteiger partial charge in [0.25, 0.3) is 5.91 Å². The molecular formula is C20H27N5O2. The lowest BCUT2D eigenvalue weighted by atomic mass is 10.1. The number of carbonyl (C=O) groups is 2. The van der Waals surface area contributed by atoms with Crippen molar-refractivity contribution in [1.29, 1.82) is 0 Å². The fourth-order valence-electron chi connectivity index (χ4n) is 3.59. The number of hydrogen-bond acceptors (Lipinski definition) is 4. The van der Waals surface area contributed by atoms with Crippen molar-refractivity contribution in [2.45, 2.75) is 19.4 Å². The van der Waals surface area contributed by atoms with E-state index < -0.39 is 0 Å². The molecule has 1 aliphatic heterocycles. The van der Waals surface area contributed by atoms with Crippen LogP contribution in [0.3, 0.4) is 0 Å². The first-order valence-corrected chi connectivity index (χ1v) is 9.28. The standard InChI is InChI=1S/C20H27N5O2/c1-15-17(13-23(3)22-15)20(27)25-12-11-24(18(14-25)19(26)21-2)10-9-16-7-5-4-6-8-16/h4-8,13,18H,9-12,14H2,1-3H3,(H,21,26)/t18-/m1/s1. The number of amides is 2. The number of likely N-dealkylation sites (N-methyl/N-ethyl adjacent to an activating group) is 1. The van der Waals surface area contributed by atoms with E-state index >= 15 is 0 Å². The topological polar surface area (TPSA) is 70.5 Å². The second kappa shape index (κ2) is 8.35. The Morgan fingerprint density at radius 1 is 1.22 bits per heavy atom. The summed E-state index contributed by atoms with van der Waals surface area (Å²) in [5, 5.41) is 7.00. The summed E-state index contributed by atoms with van der Waals surface area (Å²) in [6, 6.07) is 9.91. The van der Waals surface area contributed by atoms with Gasteiger partial charge in [-0.3, -0.25) is 19.2 Å². The Balaban J connectivity index is 1.69. The van der Waals surface area contributed by atoms with Gasteiger partial charge in [-0.25, -0.2) is 0 Å². The van der Waals surface area contributed by atoms with Gasteiger partial charge in [-0.1, -0.05) is 30.3 Å². The number of carbonyl (C=O) groups excluding carboxylic acids is 2. The van der Waals surface area contributed by atoms with Crippen LogP contribution >= 0.6 is 0 Å². The van der Waals surface area contributed by atoms with Crippen LogP contribution in [0.4, 0.5) is 0 Å². The summed E-state index contributed by atoms with van der Waals surface area (Å²) in [6.07, 6.45) is 2.62. The Hall–Kier alpha value is -2.67. The summed E-state index contributed by atoms with van der Waals surface area (Å²) in [4.78, 5) is 29.3. The van der Waals surface area contributed by atoms with Crippen LogP contribution in [-0.4, -0.2) is 70.7 Å². The highest BCUT2D eigenvalue weighted by Gasteiger charge is 2.34. The van der Waals surface area contributed by atoms with Crippen LogP contribution in [0.5, 0.6) is 0 Å². The molecule has 7 nitrogen and oxygen atoms in total. The fourth-order valence-corrected chi connectivity index (χ4v) is 3.59. The third kappa shape index (κ3) is 4.36. The van der Waals surface area contributed by atoms with Gasteiger partial charge >= 0.3 is 0 Å². The van der Waals surface area contributed by atoms with Crippen molar-refractivity contribution in [2.24, 2.45) is 7.05 Å².